The summed E-state index contributed by atoms with van der Waals surface area (Å²) in [6.45, 7) is 1.28. The average molecular weight is 280 g/mol. The van der Waals surface area contributed by atoms with Crippen LogP contribution >= 0.6 is 0 Å². The maximum Gasteiger partial charge on any atom is 0.340 e. The highest BCUT2D eigenvalue weighted by Crippen LogP contribution is 2.20. The molecule has 0 saturated carbocycles. The van der Waals surface area contributed by atoms with Crippen LogP contribution in [0, 0.1) is 5.82 Å². The van der Waals surface area contributed by atoms with Crippen molar-refractivity contribution in [2.75, 3.05) is 18.4 Å². The lowest BCUT2D eigenvalue weighted by molar-refractivity contribution is 0.0693. The van der Waals surface area contributed by atoms with E-state index >= 15 is 0 Å². The number of urea groups is 1. The van der Waals surface area contributed by atoms with Crippen molar-refractivity contribution in [2.24, 2.45) is 0 Å². The van der Waals surface area contributed by atoms with Gasteiger partial charge < -0.3 is 15.3 Å². The van der Waals surface area contributed by atoms with Gasteiger partial charge in [0, 0.05) is 13.1 Å². The summed E-state index contributed by atoms with van der Waals surface area (Å²) < 4.78 is 13.5. The molecule has 1 aliphatic heterocycles. The quantitative estimate of drug-likeness (QED) is 0.875. The Morgan fingerprint density at radius 3 is 2.40 bits per heavy atom. The van der Waals surface area contributed by atoms with Crippen molar-refractivity contribution in [1.82, 2.24) is 4.90 Å². The zero-order valence-electron chi connectivity index (χ0n) is 11.1. The van der Waals surface area contributed by atoms with E-state index in [-0.39, 0.29) is 11.7 Å². The number of nitrogens with one attached hydrogen (secondary N) is 1. The number of hydrogen-bond donors (Lipinski definition) is 2. The molecule has 1 saturated heterocycles. The van der Waals surface area contributed by atoms with Gasteiger partial charge in [0.2, 0.25) is 0 Å². The molecule has 1 aromatic carbocycles. The molecule has 2 N–H and O–H groups in total. The van der Waals surface area contributed by atoms with E-state index in [4.69, 9.17) is 5.11 Å². The topological polar surface area (TPSA) is 69.6 Å². The van der Waals surface area contributed by atoms with E-state index in [2.05, 4.69) is 5.32 Å². The Morgan fingerprint density at radius 1 is 1.15 bits per heavy atom. The second-order valence-corrected chi connectivity index (χ2v) is 4.80. The summed E-state index contributed by atoms with van der Waals surface area (Å²) in [5, 5.41) is 11.5. The fourth-order valence-corrected chi connectivity index (χ4v) is 2.31. The lowest BCUT2D eigenvalue weighted by Gasteiger charge is -2.21. The number of amides is 2. The molecule has 0 bridgehead atoms. The molecule has 0 aromatic heterocycles. The number of likely N-dealkylation sites (tertiary alicyclic amines) is 1. The van der Waals surface area contributed by atoms with Crippen molar-refractivity contribution in [2.45, 2.75) is 25.7 Å². The average Bonchev–Trinajstić information content (AvgIpc) is 2.67. The molecule has 1 aromatic rings. The largest absolute Gasteiger partial charge is 0.478 e. The van der Waals surface area contributed by atoms with E-state index in [0.29, 0.717) is 13.1 Å². The Hall–Kier alpha value is -2.11. The number of aromatic carboxylic acids is 1. The maximum atomic E-state index is 13.5. The third kappa shape index (κ3) is 3.26. The number of rotatable bonds is 2. The molecule has 2 rings (SSSR count). The van der Waals surface area contributed by atoms with Gasteiger partial charge in [-0.2, -0.15) is 0 Å². The smallest absolute Gasteiger partial charge is 0.340 e. The Labute approximate surface area is 116 Å². The molecule has 0 radical (unpaired) electrons. The van der Waals surface area contributed by atoms with Crippen LogP contribution < -0.4 is 5.32 Å². The molecule has 0 aliphatic carbocycles. The summed E-state index contributed by atoms with van der Waals surface area (Å²) in [5.41, 5.74) is -0.512. The first-order chi connectivity index (χ1) is 9.59. The fraction of sp³-hybridized carbons (Fsp3) is 0.429. The lowest BCUT2D eigenvalue weighted by atomic mass is 10.1. The number of benzene rings is 1. The van der Waals surface area contributed by atoms with Gasteiger partial charge in [-0.1, -0.05) is 18.9 Å². The standard InChI is InChI=1S/C14H17FN2O3/c15-10-6-5-7-11(12(10)13(18)19)16-14(20)17-8-3-1-2-4-9-17/h5-7H,1-4,8-9H2,(H,16,20)(H,18,19). The lowest BCUT2D eigenvalue weighted by Crippen LogP contribution is -2.36. The maximum absolute atomic E-state index is 13.5. The van der Waals surface area contributed by atoms with Gasteiger partial charge in [0.25, 0.3) is 0 Å². The number of carbonyl (C=O) groups excluding carboxylic acids is 1. The van der Waals surface area contributed by atoms with E-state index in [1.165, 1.54) is 12.1 Å². The normalized spacial score (nSPS) is 15.6. The van der Waals surface area contributed by atoms with Crippen molar-refractivity contribution in [3.63, 3.8) is 0 Å². The first kappa shape index (κ1) is 14.3. The Bertz CT molecular complexity index is 511. The van der Waals surface area contributed by atoms with E-state index < -0.39 is 17.3 Å². The molecule has 0 spiro atoms. The molecule has 1 heterocycles. The summed E-state index contributed by atoms with van der Waals surface area (Å²) >= 11 is 0. The van der Waals surface area contributed by atoms with Crippen LogP contribution in [0.25, 0.3) is 0 Å². The number of anilines is 1. The molecular weight excluding hydrogens is 263 g/mol. The van der Waals surface area contributed by atoms with Crippen molar-refractivity contribution in [3.8, 4) is 0 Å². The first-order valence-corrected chi connectivity index (χ1v) is 6.67. The van der Waals surface area contributed by atoms with Gasteiger partial charge >= 0.3 is 12.0 Å². The second-order valence-electron chi connectivity index (χ2n) is 4.80. The van der Waals surface area contributed by atoms with Crippen LogP contribution in [-0.2, 0) is 0 Å². The van der Waals surface area contributed by atoms with Gasteiger partial charge in [-0.3, -0.25) is 0 Å². The molecule has 1 fully saturated rings. The number of nitrogens with zero attached hydrogens (tertiary/aromatic N) is 1. The van der Waals surface area contributed by atoms with Gasteiger partial charge in [-0.25, -0.2) is 14.0 Å². The number of hydrogen-bond acceptors (Lipinski definition) is 2. The summed E-state index contributed by atoms with van der Waals surface area (Å²) in [7, 11) is 0. The molecular formula is C14H17FN2O3. The number of carboxylic acid groups (broad SMARTS) is 1. The summed E-state index contributed by atoms with van der Waals surface area (Å²) in [4.78, 5) is 24.8. The molecule has 0 unspecified atom stereocenters. The monoisotopic (exact) mass is 280 g/mol. The van der Waals surface area contributed by atoms with Crippen molar-refractivity contribution < 1.29 is 19.1 Å². The molecule has 2 amide bonds. The molecule has 108 valence electrons. The molecule has 20 heavy (non-hydrogen) atoms. The van der Waals surface area contributed by atoms with Crippen LogP contribution in [0.3, 0.4) is 0 Å². The molecule has 1 aliphatic rings. The highest BCUT2D eigenvalue weighted by Gasteiger charge is 2.20. The number of carbonyl (C=O) groups is 2. The van der Waals surface area contributed by atoms with Gasteiger partial charge in [0.15, 0.2) is 0 Å². The number of carboxylic acids is 1. The third-order valence-electron chi connectivity index (χ3n) is 3.36. The van der Waals surface area contributed by atoms with Gasteiger partial charge in [-0.15, -0.1) is 0 Å². The highest BCUT2D eigenvalue weighted by atomic mass is 19.1. The van der Waals surface area contributed by atoms with Crippen molar-refractivity contribution in [1.29, 1.82) is 0 Å². The predicted molar refractivity (Wildman–Crippen MR) is 72.4 cm³/mol. The van der Waals surface area contributed by atoms with Crippen LogP contribution in [0.4, 0.5) is 14.9 Å². The van der Waals surface area contributed by atoms with Gasteiger partial charge in [0.1, 0.15) is 11.4 Å². The SMILES string of the molecule is O=C(O)c1c(F)cccc1NC(=O)N1CCCCCC1. The van der Waals surface area contributed by atoms with Crippen LogP contribution in [-0.4, -0.2) is 35.1 Å². The van der Waals surface area contributed by atoms with Crippen LogP contribution in [0.1, 0.15) is 36.0 Å². The predicted octanol–water partition coefficient (Wildman–Crippen LogP) is 2.93. The summed E-state index contributed by atoms with van der Waals surface area (Å²) in [5.74, 6) is -2.25. The van der Waals surface area contributed by atoms with Crippen LogP contribution in [0.15, 0.2) is 18.2 Å². The van der Waals surface area contributed by atoms with Gasteiger partial charge in [-0.05, 0) is 25.0 Å². The van der Waals surface area contributed by atoms with E-state index in [0.717, 1.165) is 31.7 Å². The van der Waals surface area contributed by atoms with Crippen molar-refractivity contribution >= 4 is 17.7 Å². The van der Waals surface area contributed by atoms with E-state index in [9.17, 15) is 14.0 Å². The minimum Gasteiger partial charge on any atom is -0.478 e. The minimum atomic E-state index is -1.39. The van der Waals surface area contributed by atoms with E-state index in [1.54, 1.807) is 4.90 Å². The summed E-state index contributed by atoms with van der Waals surface area (Å²) in [6, 6.07) is 3.45. The number of halogens is 1. The molecule has 6 heteroatoms. The zero-order chi connectivity index (χ0) is 14.5. The molecule has 0 atom stereocenters. The Balaban J connectivity index is 2.15. The van der Waals surface area contributed by atoms with Crippen LogP contribution in [0.2, 0.25) is 0 Å². The first-order valence-electron chi connectivity index (χ1n) is 6.67. The zero-order valence-corrected chi connectivity index (χ0v) is 11.1. The second kappa shape index (κ2) is 6.36. The van der Waals surface area contributed by atoms with Crippen molar-refractivity contribution in [3.05, 3.63) is 29.6 Å². The molecule has 5 nitrogen and oxygen atoms in total. The fourth-order valence-electron chi connectivity index (χ4n) is 2.31. The highest BCUT2D eigenvalue weighted by molar-refractivity contribution is 6.00. The Morgan fingerprint density at radius 2 is 1.80 bits per heavy atom. The summed E-state index contributed by atoms with van der Waals surface area (Å²) in [6.07, 6.45) is 4.04. The van der Waals surface area contributed by atoms with Crippen LogP contribution in [0.5, 0.6) is 0 Å². The third-order valence-corrected chi connectivity index (χ3v) is 3.36. The van der Waals surface area contributed by atoms with E-state index in [1.807, 2.05) is 0 Å². The van der Waals surface area contributed by atoms with Gasteiger partial charge in [0.05, 0.1) is 5.69 Å². The Kier molecular flexibility index (Phi) is 4.55. The minimum absolute atomic E-state index is 0.00764.